The lowest BCUT2D eigenvalue weighted by molar-refractivity contribution is -0.0776. The van der Waals surface area contributed by atoms with Crippen LogP contribution in [0.25, 0.3) is 10.2 Å². The van der Waals surface area contributed by atoms with E-state index in [1.54, 1.807) is 6.07 Å². The zero-order chi connectivity index (χ0) is 12.4. The minimum Gasteiger partial charge on any atom is -0.394 e. The lowest BCUT2D eigenvalue weighted by atomic mass is 10.1. The molecular weight excluding hydrogens is 242 g/mol. The fourth-order valence-electron chi connectivity index (χ4n) is 1.48. The molecule has 0 fully saturated rings. The van der Waals surface area contributed by atoms with Crippen LogP contribution in [0.5, 0.6) is 0 Å². The van der Waals surface area contributed by atoms with Crippen LogP contribution in [0.15, 0.2) is 24.3 Å². The van der Waals surface area contributed by atoms with Crippen LogP contribution in [0, 0.1) is 0 Å². The molecule has 0 bridgehead atoms. The molecule has 0 spiro atoms. The largest absolute Gasteiger partial charge is 0.394 e. The zero-order valence-corrected chi connectivity index (χ0v) is 9.71. The van der Waals surface area contributed by atoms with Gasteiger partial charge in [0, 0.05) is 0 Å². The second kappa shape index (κ2) is 5.07. The van der Waals surface area contributed by atoms with Crippen LogP contribution in [0.4, 0.5) is 0 Å². The van der Waals surface area contributed by atoms with E-state index in [1.807, 2.05) is 18.2 Å². The minimum atomic E-state index is -1.44. The molecular formula is C11H13NO4S. The monoisotopic (exact) mass is 255 g/mol. The first-order valence-electron chi connectivity index (χ1n) is 5.14. The van der Waals surface area contributed by atoms with Gasteiger partial charge in [0.15, 0.2) is 0 Å². The van der Waals surface area contributed by atoms with E-state index >= 15 is 0 Å². The summed E-state index contributed by atoms with van der Waals surface area (Å²) in [6.45, 7) is -0.608. The highest BCUT2D eigenvalue weighted by molar-refractivity contribution is 7.18. The van der Waals surface area contributed by atoms with Crippen LogP contribution in [-0.4, -0.2) is 44.2 Å². The zero-order valence-electron chi connectivity index (χ0n) is 8.89. The van der Waals surface area contributed by atoms with E-state index < -0.39 is 24.9 Å². The number of aliphatic hydroxyl groups is 4. The number of nitrogens with zero attached hydrogens (tertiary/aromatic N) is 1. The number of rotatable bonds is 4. The highest BCUT2D eigenvalue weighted by atomic mass is 32.1. The van der Waals surface area contributed by atoms with E-state index in [4.69, 9.17) is 5.11 Å². The highest BCUT2D eigenvalue weighted by Gasteiger charge is 2.27. The van der Waals surface area contributed by atoms with E-state index in [0.29, 0.717) is 5.01 Å². The van der Waals surface area contributed by atoms with Gasteiger partial charge in [0.25, 0.3) is 0 Å². The van der Waals surface area contributed by atoms with Gasteiger partial charge >= 0.3 is 0 Å². The van der Waals surface area contributed by atoms with Gasteiger partial charge < -0.3 is 20.4 Å². The summed E-state index contributed by atoms with van der Waals surface area (Å²) in [5.74, 6) is 0. The van der Waals surface area contributed by atoms with Gasteiger partial charge in [-0.25, -0.2) is 4.98 Å². The SMILES string of the molecule is OC[C@@H](O)[C@@H](O)[C@@H](O)c1nc2ccccc2s1. The average molecular weight is 255 g/mol. The third-order valence-corrected chi connectivity index (χ3v) is 3.58. The maximum Gasteiger partial charge on any atom is 0.134 e. The number of aromatic nitrogens is 1. The van der Waals surface area contributed by atoms with Gasteiger partial charge in [-0.15, -0.1) is 11.3 Å². The molecule has 1 aromatic carbocycles. The number of fused-ring (bicyclic) bond motifs is 1. The number of para-hydroxylation sites is 1. The molecule has 0 aliphatic heterocycles. The van der Waals surface area contributed by atoms with E-state index in [9.17, 15) is 15.3 Å². The Morgan fingerprint density at radius 3 is 2.53 bits per heavy atom. The van der Waals surface area contributed by atoms with Gasteiger partial charge in [0.1, 0.15) is 23.3 Å². The van der Waals surface area contributed by atoms with Crippen LogP contribution in [0.1, 0.15) is 11.1 Å². The van der Waals surface area contributed by atoms with Crippen LogP contribution < -0.4 is 0 Å². The Hall–Kier alpha value is -1.05. The van der Waals surface area contributed by atoms with Gasteiger partial charge in [-0.2, -0.15) is 0 Å². The Bertz CT molecular complexity index is 468. The smallest absolute Gasteiger partial charge is 0.134 e. The van der Waals surface area contributed by atoms with Crippen molar-refractivity contribution in [2.24, 2.45) is 0 Å². The lowest BCUT2D eigenvalue weighted by Crippen LogP contribution is -2.34. The van der Waals surface area contributed by atoms with Gasteiger partial charge in [0.2, 0.25) is 0 Å². The third kappa shape index (κ3) is 2.46. The predicted octanol–water partition coefficient (Wildman–Crippen LogP) is 0.0438. The van der Waals surface area contributed by atoms with Crippen LogP contribution in [-0.2, 0) is 0 Å². The Morgan fingerprint density at radius 2 is 1.88 bits per heavy atom. The van der Waals surface area contributed by atoms with Crippen molar-refractivity contribution in [1.82, 2.24) is 4.98 Å². The summed E-state index contributed by atoms with van der Waals surface area (Å²) >= 11 is 1.25. The lowest BCUT2D eigenvalue weighted by Gasteiger charge is -2.19. The minimum absolute atomic E-state index is 0.325. The molecule has 2 rings (SSSR count). The van der Waals surface area contributed by atoms with Crippen molar-refractivity contribution in [2.75, 3.05) is 6.61 Å². The first-order valence-corrected chi connectivity index (χ1v) is 5.95. The fourth-order valence-corrected chi connectivity index (χ4v) is 2.48. The van der Waals surface area contributed by atoms with Crippen molar-refractivity contribution in [3.8, 4) is 0 Å². The number of aliphatic hydroxyl groups excluding tert-OH is 4. The molecule has 0 saturated carbocycles. The maximum absolute atomic E-state index is 9.82. The molecule has 0 saturated heterocycles. The highest BCUT2D eigenvalue weighted by Crippen LogP contribution is 2.28. The third-order valence-electron chi connectivity index (χ3n) is 2.47. The summed E-state index contributed by atoms with van der Waals surface area (Å²) < 4.78 is 0.896. The van der Waals surface area contributed by atoms with E-state index in [2.05, 4.69) is 4.98 Å². The second-order valence-corrected chi connectivity index (χ2v) is 4.77. The van der Waals surface area contributed by atoms with Crippen molar-refractivity contribution < 1.29 is 20.4 Å². The van der Waals surface area contributed by atoms with Gasteiger partial charge in [-0.3, -0.25) is 0 Å². The molecule has 0 amide bonds. The second-order valence-electron chi connectivity index (χ2n) is 3.71. The quantitative estimate of drug-likeness (QED) is 0.619. The molecule has 0 aliphatic carbocycles. The molecule has 0 radical (unpaired) electrons. The summed E-state index contributed by atoms with van der Waals surface area (Å²) in [4.78, 5) is 4.17. The first kappa shape index (κ1) is 12.4. The molecule has 5 nitrogen and oxygen atoms in total. The summed E-state index contributed by atoms with van der Waals surface area (Å²) in [6, 6.07) is 7.35. The molecule has 0 unspecified atom stereocenters. The van der Waals surface area contributed by atoms with Crippen molar-refractivity contribution >= 4 is 21.6 Å². The summed E-state index contributed by atoms with van der Waals surface area (Å²) in [7, 11) is 0. The van der Waals surface area contributed by atoms with E-state index in [1.165, 1.54) is 11.3 Å². The normalized spacial score (nSPS) is 16.9. The topological polar surface area (TPSA) is 93.8 Å². The first-order chi connectivity index (χ1) is 8.13. The number of benzene rings is 1. The van der Waals surface area contributed by atoms with E-state index in [0.717, 1.165) is 10.2 Å². The summed E-state index contributed by atoms with van der Waals surface area (Å²) in [5.41, 5.74) is 0.734. The summed E-state index contributed by atoms with van der Waals surface area (Å²) in [6.07, 6.45) is -4.12. The Labute approximate surface area is 102 Å². The number of hydrogen-bond donors (Lipinski definition) is 4. The Morgan fingerprint density at radius 1 is 1.18 bits per heavy atom. The molecule has 6 heteroatoms. The van der Waals surface area contributed by atoms with E-state index in [-0.39, 0.29) is 0 Å². The van der Waals surface area contributed by atoms with Gasteiger partial charge in [0.05, 0.1) is 16.8 Å². The maximum atomic E-state index is 9.82. The molecule has 92 valence electrons. The molecule has 0 aliphatic rings. The van der Waals surface area contributed by atoms with Gasteiger partial charge in [-0.05, 0) is 12.1 Å². The number of hydrogen-bond acceptors (Lipinski definition) is 6. The standard InChI is InChI=1S/C11H13NO4S/c13-5-7(14)9(15)10(16)11-12-6-3-1-2-4-8(6)17-11/h1-4,7,9-10,13-16H,5H2/t7-,9-,10-/m1/s1. The molecule has 4 N–H and O–H groups in total. The van der Waals surface area contributed by atoms with Crippen LogP contribution in [0.3, 0.4) is 0 Å². The molecule has 1 heterocycles. The van der Waals surface area contributed by atoms with Crippen molar-refractivity contribution in [2.45, 2.75) is 18.3 Å². The van der Waals surface area contributed by atoms with Crippen LogP contribution in [0.2, 0.25) is 0 Å². The fraction of sp³-hybridized carbons (Fsp3) is 0.364. The number of thiazole rings is 1. The van der Waals surface area contributed by atoms with Gasteiger partial charge in [-0.1, -0.05) is 12.1 Å². The summed E-state index contributed by atoms with van der Waals surface area (Å²) in [5, 5.41) is 37.7. The molecule has 17 heavy (non-hydrogen) atoms. The average Bonchev–Trinajstić information content (AvgIpc) is 2.79. The Balaban J connectivity index is 2.27. The Kier molecular flexibility index (Phi) is 3.70. The molecule has 3 atom stereocenters. The molecule has 2 aromatic rings. The molecule has 1 aromatic heterocycles. The van der Waals surface area contributed by atoms with Crippen molar-refractivity contribution in [3.63, 3.8) is 0 Å². The van der Waals surface area contributed by atoms with Crippen LogP contribution >= 0.6 is 11.3 Å². The van der Waals surface area contributed by atoms with Crippen molar-refractivity contribution in [3.05, 3.63) is 29.3 Å². The predicted molar refractivity (Wildman–Crippen MR) is 63.7 cm³/mol. The van der Waals surface area contributed by atoms with Crippen molar-refractivity contribution in [1.29, 1.82) is 0 Å².